The van der Waals surface area contributed by atoms with Crippen molar-refractivity contribution in [3.05, 3.63) is 92.4 Å². The predicted octanol–water partition coefficient (Wildman–Crippen LogP) is 6.46. The summed E-state index contributed by atoms with van der Waals surface area (Å²) in [6.07, 6.45) is 0. The van der Waals surface area contributed by atoms with Crippen molar-refractivity contribution in [3.8, 4) is 22.8 Å². The third-order valence-electron chi connectivity index (χ3n) is 5.24. The van der Waals surface area contributed by atoms with Crippen molar-refractivity contribution in [3.63, 3.8) is 0 Å². The normalized spacial score (nSPS) is 11.0. The lowest BCUT2D eigenvalue weighted by atomic mass is 10.0. The van der Waals surface area contributed by atoms with E-state index < -0.39 is 5.82 Å². The highest BCUT2D eigenvalue weighted by Crippen LogP contribution is 2.33. The van der Waals surface area contributed by atoms with Crippen molar-refractivity contribution in [2.75, 3.05) is 7.11 Å². The van der Waals surface area contributed by atoms with Crippen molar-refractivity contribution in [2.24, 2.45) is 0 Å². The summed E-state index contributed by atoms with van der Waals surface area (Å²) in [5, 5.41) is 0.623. The molecule has 0 saturated heterocycles. The molecule has 158 valence electrons. The molecule has 0 amide bonds. The average molecular weight is 439 g/mol. The molecule has 3 aromatic carbocycles. The highest BCUT2D eigenvalue weighted by Gasteiger charge is 2.20. The molecule has 6 heteroatoms. The Hall–Kier alpha value is -3.31. The number of ether oxygens (including phenoxy) is 2. The summed E-state index contributed by atoms with van der Waals surface area (Å²) < 4.78 is 31.4. The van der Waals surface area contributed by atoms with Gasteiger partial charge >= 0.3 is 0 Å². The van der Waals surface area contributed by atoms with Gasteiger partial charge in [-0.3, -0.25) is 4.79 Å². The number of methoxy groups -OCH3 is 1. The Morgan fingerprint density at radius 3 is 2.42 bits per heavy atom. The highest BCUT2D eigenvalue weighted by atomic mass is 35.5. The zero-order chi connectivity index (χ0) is 22.1. The smallest absolute Gasteiger partial charge is 0.235 e. The molecule has 0 atom stereocenters. The summed E-state index contributed by atoms with van der Waals surface area (Å²) in [5.41, 5.74) is 2.89. The second kappa shape index (κ2) is 8.44. The first-order valence-electron chi connectivity index (χ1n) is 9.67. The van der Waals surface area contributed by atoms with E-state index in [0.29, 0.717) is 22.3 Å². The van der Waals surface area contributed by atoms with Gasteiger partial charge in [-0.25, -0.2) is 4.39 Å². The van der Waals surface area contributed by atoms with E-state index in [1.54, 1.807) is 43.5 Å². The molecule has 0 aliphatic carbocycles. The second-order valence-corrected chi connectivity index (χ2v) is 7.65. The van der Waals surface area contributed by atoms with Gasteiger partial charge in [0, 0.05) is 11.1 Å². The Kier molecular flexibility index (Phi) is 5.70. The Balaban J connectivity index is 1.88. The minimum Gasteiger partial charge on any atom is -0.497 e. The number of halogens is 2. The summed E-state index contributed by atoms with van der Waals surface area (Å²) in [5.74, 6) is 0.421. The Morgan fingerprint density at radius 1 is 1.03 bits per heavy atom. The maximum Gasteiger partial charge on any atom is 0.235 e. The first-order valence-corrected chi connectivity index (χ1v) is 10.0. The van der Waals surface area contributed by atoms with E-state index in [2.05, 4.69) is 0 Å². The molecule has 31 heavy (non-hydrogen) atoms. The molecule has 4 aromatic rings. The molecule has 0 aliphatic rings. The van der Waals surface area contributed by atoms with Gasteiger partial charge in [-0.15, -0.1) is 0 Å². The van der Waals surface area contributed by atoms with Crippen LogP contribution in [-0.2, 0) is 6.61 Å². The van der Waals surface area contributed by atoms with E-state index >= 15 is 0 Å². The molecule has 1 heterocycles. The molecule has 0 bridgehead atoms. The van der Waals surface area contributed by atoms with Crippen LogP contribution in [0.1, 0.15) is 16.7 Å². The fourth-order valence-corrected chi connectivity index (χ4v) is 3.53. The van der Waals surface area contributed by atoms with Gasteiger partial charge in [0.25, 0.3) is 0 Å². The number of aryl methyl sites for hydroxylation is 2. The maximum atomic E-state index is 14.2. The van der Waals surface area contributed by atoms with Crippen LogP contribution in [-0.4, -0.2) is 7.11 Å². The lowest BCUT2D eigenvalue weighted by molar-refractivity contribution is 0.292. The number of hydrogen-bond acceptors (Lipinski definition) is 4. The average Bonchev–Trinajstić information content (AvgIpc) is 2.76. The molecule has 0 fully saturated rings. The quantitative estimate of drug-likeness (QED) is 0.359. The zero-order valence-corrected chi connectivity index (χ0v) is 18.0. The summed E-state index contributed by atoms with van der Waals surface area (Å²) in [4.78, 5) is 13.4. The van der Waals surface area contributed by atoms with E-state index in [4.69, 9.17) is 25.5 Å². The van der Waals surface area contributed by atoms with Gasteiger partial charge in [-0.1, -0.05) is 17.7 Å². The van der Waals surface area contributed by atoms with Crippen molar-refractivity contribution < 1.29 is 18.3 Å². The zero-order valence-electron chi connectivity index (χ0n) is 17.3. The first kappa shape index (κ1) is 20.9. The van der Waals surface area contributed by atoms with E-state index in [0.717, 1.165) is 11.1 Å². The summed E-state index contributed by atoms with van der Waals surface area (Å²) in [6, 6.07) is 15.1. The first-order chi connectivity index (χ1) is 14.9. The SMILES string of the molecule is COc1ccc(-c2oc3cc(C)c(C)cc3c(=O)c2OCc2c(F)cccc2Cl)cc1. The molecule has 0 aliphatic heterocycles. The topological polar surface area (TPSA) is 48.7 Å². The fourth-order valence-electron chi connectivity index (χ4n) is 3.31. The summed E-state index contributed by atoms with van der Waals surface area (Å²) >= 11 is 6.12. The van der Waals surface area contributed by atoms with E-state index in [-0.39, 0.29) is 34.1 Å². The van der Waals surface area contributed by atoms with Crippen molar-refractivity contribution >= 4 is 22.6 Å². The van der Waals surface area contributed by atoms with Crippen LogP contribution in [0, 0.1) is 19.7 Å². The molecule has 0 saturated carbocycles. The number of benzene rings is 3. The van der Waals surface area contributed by atoms with Crippen molar-refractivity contribution in [1.29, 1.82) is 0 Å². The van der Waals surface area contributed by atoms with Crippen LogP contribution in [0.15, 0.2) is 63.8 Å². The Labute approximate surface area is 183 Å². The Morgan fingerprint density at radius 2 is 1.74 bits per heavy atom. The molecule has 4 rings (SSSR count). The number of fused-ring (bicyclic) bond motifs is 1. The summed E-state index contributed by atoms with van der Waals surface area (Å²) in [6.45, 7) is 3.66. The molecule has 0 N–H and O–H groups in total. The molecule has 4 nitrogen and oxygen atoms in total. The number of rotatable bonds is 5. The minimum absolute atomic E-state index is 0.000222. The Bertz CT molecular complexity index is 1310. The third-order valence-corrected chi connectivity index (χ3v) is 5.59. The summed E-state index contributed by atoms with van der Waals surface area (Å²) in [7, 11) is 1.57. The molecule has 0 unspecified atom stereocenters. The predicted molar refractivity (Wildman–Crippen MR) is 120 cm³/mol. The van der Waals surface area contributed by atoms with Crippen LogP contribution in [0.4, 0.5) is 4.39 Å². The van der Waals surface area contributed by atoms with Crippen LogP contribution in [0.2, 0.25) is 5.02 Å². The molecular weight excluding hydrogens is 419 g/mol. The van der Waals surface area contributed by atoms with Gasteiger partial charge in [0.05, 0.1) is 17.5 Å². The standard InChI is InChI=1S/C25H20ClFO4/c1-14-11-18-22(12-15(14)2)31-24(16-7-9-17(29-3)10-8-16)25(23(18)28)30-13-19-20(26)5-4-6-21(19)27/h4-12H,13H2,1-3H3. The monoisotopic (exact) mass is 438 g/mol. The molecule has 1 aromatic heterocycles. The molecule has 0 spiro atoms. The van der Waals surface area contributed by atoms with Gasteiger partial charge in [-0.2, -0.15) is 0 Å². The van der Waals surface area contributed by atoms with Gasteiger partial charge in [0.15, 0.2) is 5.76 Å². The lowest BCUT2D eigenvalue weighted by Gasteiger charge is -2.14. The van der Waals surface area contributed by atoms with Gasteiger partial charge in [-0.05, 0) is 73.5 Å². The lowest BCUT2D eigenvalue weighted by Crippen LogP contribution is -2.11. The minimum atomic E-state index is -0.504. The van der Waals surface area contributed by atoms with Crippen LogP contribution in [0.25, 0.3) is 22.3 Å². The largest absolute Gasteiger partial charge is 0.497 e. The third kappa shape index (κ3) is 4.01. The van der Waals surface area contributed by atoms with E-state index in [9.17, 15) is 9.18 Å². The van der Waals surface area contributed by atoms with E-state index in [1.807, 2.05) is 19.9 Å². The van der Waals surface area contributed by atoms with E-state index in [1.165, 1.54) is 12.1 Å². The fraction of sp³-hybridized carbons (Fsp3) is 0.160. The van der Waals surface area contributed by atoms with Crippen molar-refractivity contribution in [1.82, 2.24) is 0 Å². The van der Waals surface area contributed by atoms with Crippen LogP contribution >= 0.6 is 11.6 Å². The maximum absolute atomic E-state index is 14.2. The van der Waals surface area contributed by atoms with Crippen LogP contribution < -0.4 is 14.9 Å². The number of hydrogen-bond donors (Lipinski definition) is 0. The van der Waals surface area contributed by atoms with Gasteiger partial charge in [0.1, 0.15) is 23.8 Å². The van der Waals surface area contributed by atoms with Gasteiger partial charge < -0.3 is 13.9 Å². The highest BCUT2D eigenvalue weighted by molar-refractivity contribution is 6.31. The van der Waals surface area contributed by atoms with Gasteiger partial charge in [0.2, 0.25) is 11.2 Å². The van der Waals surface area contributed by atoms with Crippen LogP contribution in [0.5, 0.6) is 11.5 Å². The van der Waals surface area contributed by atoms with Crippen LogP contribution in [0.3, 0.4) is 0 Å². The van der Waals surface area contributed by atoms with Crippen molar-refractivity contribution in [2.45, 2.75) is 20.5 Å². The molecular formula is C25H20ClFO4. The molecule has 0 radical (unpaired) electrons. The second-order valence-electron chi connectivity index (χ2n) is 7.24.